The second kappa shape index (κ2) is 8.16. The summed E-state index contributed by atoms with van der Waals surface area (Å²) < 4.78 is 26.6. The van der Waals surface area contributed by atoms with Gasteiger partial charge in [0.1, 0.15) is 5.60 Å². The lowest BCUT2D eigenvalue weighted by Crippen LogP contribution is -2.53. The van der Waals surface area contributed by atoms with Gasteiger partial charge in [-0.05, 0) is 111 Å². The highest BCUT2D eigenvalue weighted by atomic mass is 19.3. The molecule has 9 atom stereocenters. The maximum Gasteiger partial charge on any atom is 0.270 e. The van der Waals surface area contributed by atoms with Crippen LogP contribution in [0.2, 0.25) is 0 Å². The molecule has 0 spiro atoms. The molecule has 0 aromatic heterocycles. The van der Waals surface area contributed by atoms with E-state index in [-0.39, 0.29) is 6.42 Å². The first kappa shape index (κ1) is 22.7. The SMILES string of the molecule is C=CC(O)(CC[C@@H](C)[C@H]1CC[C@H]2[C@@H]3CCC4CCCC[C@]4(C)[C@H]3CC[C@]12C)C(F)F. The molecule has 0 heterocycles. The van der Waals surface area contributed by atoms with Gasteiger partial charge in [-0.15, -0.1) is 6.58 Å². The predicted molar refractivity (Wildman–Crippen MR) is 119 cm³/mol. The van der Waals surface area contributed by atoms with Gasteiger partial charge in [0, 0.05) is 0 Å². The van der Waals surface area contributed by atoms with Crippen molar-refractivity contribution < 1.29 is 13.9 Å². The lowest BCUT2D eigenvalue weighted by atomic mass is 9.44. The third-order valence-electron chi connectivity index (χ3n) is 11.1. The van der Waals surface area contributed by atoms with Crippen LogP contribution in [0, 0.1) is 46.3 Å². The molecule has 0 amide bonds. The first-order valence-corrected chi connectivity index (χ1v) is 12.8. The molecular formula is C27H44F2O. The minimum Gasteiger partial charge on any atom is -0.380 e. The van der Waals surface area contributed by atoms with Crippen molar-refractivity contribution in [1.29, 1.82) is 0 Å². The number of hydrogen-bond donors (Lipinski definition) is 1. The van der Waals surface area contributed by atoms with Crippen molar-refractivity contribution in [2.24, 2.45) is 46.3 Å². The summed E-state index contributed by atoms with van der Waals surface area (Å²) in [5, 5.41) is 10.2. The molecule has 4 aliphatic carbocycles. The average Bonchev–Trinajstić information content (AvgIpc) is 3.08. The second-order valence-corrected chi connectivity index (χ2v) is 12.1. The van der Waals surface area contributed by atoms with E-state index in [0.29, 0.717) is 29.1 Å². The fourth-order valence-corrected chi connectivity index (χ4v) is 9.23. The Morgan fingerprint density at radius 3 is 2.43 bits per heavy atom. The number of hydrogen-bond acceptors (Lipinski definition) is 1. The van der Waals surface area contributed by atoms with Crippen LogP contribution in [0.3, 0.4) is 0 Å². The standard InChI is InChI=1S/C27H44F2O/c1-5-27(30,24(28)29)17-13-18(2)21-11-12-22-20-10-9-19-8-6-7-15-25(19,3)23(20)14-16-26(21,22)4/h5,18-24,30H,1,6-17H2,2-4H3/t18-,19?,20+,21-,22+,23+,25+,26-,27?/m1/s1. The zero-order valence-corrected chi connectivity index (χ0v) is 19.5. The van der Waals surface area contributed by atoms with Crippen molar-refractivity contribution >= 4 is 0 Å². The van der Waals surface area contributed by atoms with Gasteiger partial charge < -0.3 is 5.11 Å². The molecule has 0 aliphatic heterocycles. The van der Waals surface area contributed by atoms with E-state index in [1.807, 2.05) is 0 Å². The first-order valence-electron chi connectivity index (χ1n) is 12.8. The number of alkyl halides is 2. The molecule has 0 aromatic carbocycles. The largest absolute Gasteiger partial charge is 0.380 e. The number of rotatable bonds is 6. The summed E-state index contributed by atoms with van der Waals surface area (Å²) in [6, 6.07) is 0. The number of fused-ring (bicyclic) bond motifs is 5. The maximum absolute atomic E-state index is 13.3. The lowest BCUT2D eigenvalue weighted by Gasteiger charge is -2.61. The smallest absolute Gasteiger partial charge is 0.270 e. The van der Waals surface area contributed by atoms with Crippen LogP contribution in [0.15, 0.2) is 12.7 Å². The second-order valence-electron chi connectivity index (χ2n) is 12.1. The van der Waals surface area contributed by atoms with Gasteiger partial charge in [0.2, 0.25) is 0 Å². The molecule has 172 valence electrons. The Morgan fingerprint density at radius 1 is 1.00 bits per heavy atom. The van der Waals surface area contributed by atoms with Gasteiger partial charge in [-0.3, -0.25) is 0 Å². The highest BCUT2D eigenvalue weighted by Crippen LogP contribution is 2.68. The van der Waals surface area contributed by atoms with E-state index in [4.69, 9.17) is 0 Å². The Balaban J connectivity index is 1.46. The number of halogens is 2. The molecule has 0 aromatic rings. The third kappa shape index (κ3) is 3.50. The molecule has 4 fully saturated rings. The fourth-order valence-electron chi connectivity index (χ4n) is 9.23. The van der Waals surface area contributed by atoms with E-state index in [0.717, 1.165) is 29.7 Å². The monoisotopic (exact) mass is 422 g/mol. The maximum atomic E-state index is 13.3. The quantitative estimate of drug-likeness (QED) is 0.436. The number of aliphatic hydroxyl groups is 1. The molecular weight excluding hydrogens is 378 g/mol. The Morgan fingerprint density at radius 2 is 1.73 bits per heavy atom. The van der Waals surface area contributed by atoms with Gasteiger partial charge in [0.25, 0.3) is 6.43 Å². The Hall–Kier alpha value is -0.440. The van der Waals surface area contributed by atoms with Gasteiger partial charge in [0.15, 0.2) is 0 Å². The molecule has 0 bridgehead atoms. The van der Waals surface area contributed by atoms with Crippen LogP contribution < -0.4 is 0 Å². The minimum absolute atomic E-state index is 0.123. The molecule has 4 aliphatic rings. The molecule has 30 heavy (non-hydrogen) atoms. The van der Waals surface area contributed by atoms with Crippen LogP contribution in [0.5, 0.6) is 0 Å². The first-order chi connectivity index (χ1) is 14.2. The Kier molecular flexibility index (Phi) is 6.19. The van der Waals surface area contributed by atoms with Gasteiger partial charge in [-0.25, -0.2) is 8.78 Å². The fraction of sp³-hybridized carbons (Fsp3) is 0.926. The topological polar surface area (TPSA) is 20.2 Å². The average molecular weight is 423 g/mol. The molecule has 4 saturated carbocycles. The molecule has 1 N–H and O–H groups in total. The minimum atomic E-state index is -2.75. The van der Waals surface area contributed by atoms with Gasteiger partial charge in [-0.2, -0.15) is 0 Å². The van der Waals surface area contributed by atoms with Crippen LogP contribution in [-0.2, 0) is 0 Å². The molecule has 2 unspecified atom stereocenters. The van der Waals surface area contributed by atoms with E-state index in [1.165, 1.54) is 64.2 Å². The van der Waals surface area contributed by atoms with Crippen molar-refractivity contribution in [1.82, 2.24) is 0 Å². The summed E-state index contributed by atoms with van der Waals surface area (Å²) in [4.78, 5) is 0. The van der Waals surface area contributed by atoms with Crippen LogP contribution in [0.25, 0.3) is 0 Å². The summed E-state index contributed by atoms with van der Waals surface area (Å²) in [6.45, 7) is 10.9. The molecule has 1 nitrogen and oxygen atoms in total. The summed E-state index contributed by atoms with van der Waals surface area (Å²) >= 11 is 0. The Labute approximate surface area is 183 Å². The molecule has 3 heteroatoms. The van der Waals surface area contributed by atoms with Crippen LogP contribution in [0.4, 0.5) is 8.78 Å². The van der Waals surface area contributed by atoms with Crippen molar-refractivity contribution in [3.05, 3.63) is 12.7 Å². The lowest BCUT2D eigenvalue weighted by molar-refractivity contribution is -0.115. The van der Waals surface area contributed by atoms with Gasteiger partial charge in [-0.1, -0.05) is 39.7 Å². The molecule has 4 rings (SSSR count). The normalized spacial score (nSPS) is 46.4. The Bertz CT molecular complexity index is 634. The summed E-state index contributed by atoms with van der Waals surface area (Å²) in [5.41, 5.74) is -1.10. The zero-order chi connectivity index (χ0) is 21.7. The van der Waals surface area contributed by atoms with Crippen LogP contribution in [0.1, 0.15) is 97.8 Å². The molecule has 0 saturated heterocycles. The van der Waals surface area contributed by atoms with E-state index < -0.39 is 12.0 Å². The summed E-state index contributed by atoms with van der Waals surface area (Å²) in [5.74, 6) is 4.55. The highest BCUT2D eigenvalue weighted by Gasteiger charge is 2.60. The van der Waals surface area contributed by atoms with E-state index >= 15 is 0 Å². The van der Waals surface area contributed by atoms with Crippen molar-refractivity contribution in [2.75, 3.05) is 0 Å². The van der Waals surface area contributed by atoms with E-state index in [2.05, 4.69) is 27.4 Å². The summed E-state index contributed by atoms with van der Waals surface area (Å²) in [7, 11) is 0. The van der Waals surface area contributed by atoms with Gasteiger partial charge in [0.05, 0.1) is 0 Å². The molecule has 0 radical (unpaired) electrons. The van der Waals surface area contributed by atoms with Crippen LogP contribution >= 0.6 is 0 Å². The van der Waals surface area contributed by atoms with Crippen molar-refractivity contribution in [3.8, 4) is 0 Å². The van der Waals surface area contributed by atoms with Crippen molar-refractivity contribution in [2.45, 2.75) is 110 Å². The zero-order valence-electron chi connectivity index (χ0n) is 19.5. The summed E-state index contributed by atoms with van der Waals surface area (Å²) in [6.07, 6.45) is 13.0. The van der Waals surface area contributed by atoms with Crippen LogP contribution in [-0.4, -0.2) is 17.1 Å². The predicted octanol–water partition coefficient (Wildman–Crippen LogP) is 7.63. The van der Waals surface area contributed by atoms with E-state index in [1.54, 1.807) is 0 Å². The van der Waals surface area contributed by atoms with Crippen molar-refractivity contribution in [3.63, 3.8) is 0 Å². The van der Waals surface area contributed by atoms with E-state index in [9.17, 15) is 13.9 Å². The third-order valence-corrected chi connectivity index (χ3v) is 11.1. The highest BCUT2D eigenvalue weighted by molar-refractivity contribution is 5.09. The van der Waals surface area contributed by atoms with Gasteiger partial charge >= 0.3 is 0 Å².